The highest BCUT2D eigenvalue weighted by molar-refractivity contribution is 5.92. The predicted octanol–water partition coefficient (Wildman–Crippen LogP) is 1.81. The molecule has 0 amide bonds. The minimum absolute atomic E-state index is 0.455. The van der Waals surface area contributed by atoms with Crippen LogP contribution >= 0.6 is 0 Å². The van der Waals surface area contributed by atoms with Gasteiger partial charge in [0.05, 0.1) is 0 Å². The van der Waals surface area contributed by atoms with Crippen LogP contribution in [-0.4, -0.2) is 26.6 Å². The van der Waals surface area contributed by atoms with Crippen molar-refractivity contribution in [3.63, 3.8) is 0 Å². The first-order valence-electron chi connectivity index (χ1n) is 5.39. The highest BCUT2D eigenvalue weighted by Gasteiger charge is 2.02. The third-order valence-electron chi connectivity index (χ3n) is 2.29. The second kappa shape index (κ2) is 5.39. The van der Waals surface area contributed by atoms with E-state index in [4.69, 9.17) is 5.73 Å². The zero-order valence-electron chi connectivity index (χ0n) is 10.4. The molecule has 0 heterocycles. The molecular formula is C12H20N4. The molecule has 0 radical (unpaired) electrons. The number of nitrogens with one attached hydrogen (secondary N) is 1. The van der Waals surface area contributed by atoms with Gasteiger partial charge in [0.25, 0.3) is 0 Å². The molecular weight excluding hydrogens is 200 g/mol. The lowest BCUT2D eigenvalue weighted by Gasteiger charge is -2.17. The molecule has 0 atom stereocenters. The Morgan fingerprint density at radius 2 is 2.12 bits per heavy atom. The third kappa shape index (κ3) is 3.15. The van der Waals surface area contributed by atoms with E-state index >= 15 is 0 Å². The van der Waals surface area contributed by atoms with Gasteiger partial charge < -0.3 is 16.0 Å². The highest BCUT2D eigenvalue weighted by Crippen LogP contribution is 2.22. The zero-order chi connectivity index (χ0) is 12.1. The normalized spacial score (nSPS) is 11.4. The summed E-state index contributed by atoms with van der Waals surface area (Å²) >= 11 is 0. The number of guanidine groups is 1. The van der Waals surface area contributed by atoms with E-state index in [1.165, 1.54) is 11.3 Å². The zero-order valence-corrected chi connectivity index (χ0v) is 10.4. The maximum Gasteiger partial charge on any atom is 0.193 e. The van der Waals surface area contributed by atoms with E-state index in [1.54, 1.807) is 0 Å². The van der Waals surface area contributed by atoms with Gasteiger partial charge >= 0.3 is 0 Å². The van der Waals surface area contributed by atoms with Gasteiger partial charge in [0.15, 0.2) is 5.96 Å². The van der Waals surface area contributed by atoms with Crippen molar-refractivity contribution in [3.8, 4) is 0 Å². The van der Waals surface area contributed by atoms with Crippen molar-refractivity contribution >= 4 is 17.3 Å². The largest absolute Gasteiger partial charge is 0.377 e. The van der Waals surface area contributed by atoms with Crippen LogP contribution in [0, 0.1) is 6.92 Å². The summed E-state index contributed by atoms with van der Waals surface area (Å²) in [5.41, 5.74) is 9.08. The van der Waals surface area contributed by atoms with Crippen molar-refractivity contribution in [2.24, 2.45) is 10.7 Å². The van der Waals surface area contributed by atoms with E-state index in [9.17, 15) is 0 Å². The van der Waals surface area contributed by atoms with Gasteiger partial charge in [-0.2, -0.15) is 0 Å². The van der Waals surface area contributed by atoms with E-state index < -0.39 is 0 Å². The van der Waals surface area contributed by atoms with Crippen LogP contribution in [-0.2, 0) is 0 Å². The van der Waals surface area contributed by atoms with Crippen LogP contribution in [0.3, 0.4) is 0 Å². The fraction of sp³-hybridized carbons (Fsp3) is 0.417. The Bertz CT molecular complexity index is 383. The smallest absolute Gasteiger partial charge is 0.193 e. The number of rotatable bonds is 3. The standard InChI is InChI=1S/C12H20N4/c1-5-14-12(13)15-10-7-6-9(2)11(8-10)16(3)4/h6-8H,5H2,1-4H3,(H3,13,14,15). The molecule has 88 valence electrons. The lowest BCUT2D eigenvalue weighted by Crippen LogP contribution is -2.23. The SMILES string of the molecule is CCN=C(N)Nc1ccc(C)c(N(C)C)c1. The van der Waals surface area contributed by atoms with Gasteiger partial charge in [-0.15, -0.1) is 0 Å². The van der Waals surface area contributed by atoms with E-state index in [0.717, 1.165) is 5.69 Å². The van der Waals surface area contributed by atoms with Gasteiger partial charge in [0.1, 0.15) is 0 Å². The Morgan fingerprint density at radius 1 is 1.44 bits per heavy atom. The molecule has 0 fully saturated rings. The third-order valence-corrected chi connectivity index (χ3v) is 2.29. The van der Waals surface area contributed by atoms with E-state index in [1.807, 2.05) is 27.1 Å². The van der Waals surface area contributed by atoms with Crippen LogP contribution in [0.25, 0.3) is 0 Å². The fourth-order valence-electron chi connectivity index (χ4n) is 1.53. The molecule has 3 N–H and O–H groups in total. The number of nitrogens with zero attached hydrogens (tertiary/aromatic N) is 2. The number of aryl methyl sites for hydroxylation is 1. The van der Waals surface area contributed by atoms with Crippen molar-refractivity contribution in [2.75, 3.05) is 30.9 Å². The van der Waals surface area contributed by atoms with Gasteiger partial charge in [0, 0.05) is 32.0 Å². The van der Waals surface area contributed by atoms with Gasteiger partial charge in [0.2, 0.25) is 0 Å². The molecule has 4 nitrogen and oxygen atoms in total. The summed E-state index contributed by atoms with van der Waals surface area (Å²) in [4.78, 5) is 6.16. The minimum atomic E-state index is 0.455. The first-order valence-corrected chi connectivity index (χ1v) is 5.39. The Kier molecular flexibility index (Phi) is 4.17. The lowest BCUT2D eigenvalue weighted by molar-refractivity contribution is 1.11. The Morgan fingerprint density at radius 3 is 2.69 bits per heavy atom. The quantitative estimate of drug-likeness (QED) is 0.603. The summed E-state index contributed by atoms with van der Waals surface area (Å²) in [6, 6.07) is 6.13. The molecule has 0 aliphatic heterocycles. The Hall–Kier alpha value is -1.71. The van der Waals surface area contributed by atoms with Gasteiger partial charge in [-0.3, -0.25) is 4.99 Å². The molecule has 0 unspecified atom stereocenters. The van der Waals surface area contributed by atoms with Crippen LogP contribution in [0.15, 0.2) is 23.2 Å². The maximum atomic E-state index is 5.71. The number of anilines is 2. The molecule has 1 aromatic carbocycles. The summed E-state index contributed by atoms with van der Waals surface area (Å²) < 4.78 is 0. The number of aliphatic imine (C=N–C) groups is 1. The molecule has 4 heteroatoms. The maximum absolute atomic E-state index is 5.71. The molecule has 16 heavy (non-hydrogen) atoms. The Balaban J connectivity index is 2.91. The van der Waals surface area contributed by atoms with Crippen LogP contribution in [0.1, 0.15) is 12.5 Å². The van der Waals surface area contributed by atoms with E-state index in [0.29, 0.717) is 12.5 Å². The van der Waals surface area contributed by atoms with Crippen LogP contribution < -0.4 is 16.0 Å². The predicted molar refractivity (Wildman–Crippen MR) is 71.3 cm³/mol. The summed E-state index contributed by atoms with van der Waals surface area (Å²) in [5.74, 6) is 0.455. The van der Waals surface area contributed by atoms with Crippen LogP contribution in [0.2, 0.25) is 0 Å². The molecule has 1 rings (SSSR count). The highest BCUT2D eigenvalue weighted by atomic mass is 15.1. The summed E-state index contributed by atoms with van der Waals surface area (Å²) in [6.45, 7) is 4.72. The van der Waals surface area contributed by atoms with Crippen molar-refractivity contribution in [3.05, 3.63) is 23.8 Å². The molecule has 0 aliphatic rings. The van der Waals surface area contributed by atoms with Crippen molar-refractivity contribution in [1.29, 1.82) is 0 Å². The molecule has 0 saturated heterocycles. The summed E-state index contributed by atoms with van der Waals surface area (Å²) in [7, 11) is 4.05. The van der Waals surface area contributed by atoms with Crippen molar-refractivity contribution < 1.29 is 0 Å². The van der Waals surface area contributed by atoms with E-state index in [2.05, 4.69) is 34.3 Å². The summed E-state index contributed by atoms with van der Waals surface area (Å²) in [6.07, 6.45) is 0. The average molecular weight is 220 g/mol. The second-order valence-corrected chi connectivity index (χ2v) is 3.88. The minimum Gasteiger partial charge on any atom is -0.377 e. The lowest BCUT2D eigenvalue weighted by atomic mass is 10.1. The molecule has 0 aromatic heterocycles. The summed E-state index contributed by atoms with van der Waals surface area (Å²) in [5, 5.41) is 3.07. The van der Waals surface area contributed by atoms with Gasteiger partial charge in [-0.25, -0.2) is 0 Å². The van der Waals surface area contributed by atoms with Crippen LogP contribution in [0.5, 0.6) is 0 Å². The number of hydrogen-bond acceptors (Lipinski definition) is 2. The first-order chi connectivity index (χ1) is 7.54. The van der Waals surface area contributed by atoms with Crippen molar-refractivity contribution in [2.45, 2.75) is 13.8 Å². The van der Waals surface area contributed by atoms with E-state index in [-0.39, 0.29) is 0 Å². The average Bonchev–Trinajstić information content (AvgIpc) is 2.21. The number of nitrogens with two attached hydrogens (primary N) is 1. The Labute approximate surface area is 97.2 Å². The molecule has 0 spiro atoms. The number of hydrogen-bond donors (Lipinski definition) is 2. The molecule has 0 aliphatic carbocycles. The molecule has 0 saturated carbocycles. The van der Waals surface area contributed by atoms with Gasteiger partial charge in [-0.1, -0.05) is 6.07 Å². The first kappa shape index (κ1) is 12.4. The fourth-order valence-corrected chi connectivity index (χ4v) is 1.53. The molecule has 1 aromatic rings. The second-order valence-electron chi connectivity index (χ2n) is 3.88. The van der Waals surface area contributed by atoms with Gasteiger partial charge in [-0.05, 0) is 31.5 Å². The monoisotopic (exact) mass is 220 g/mol. The van der Waals surface area contributed by atoms with Crippen molar-refractivity contribution in [1.82, 2.24) is 0 Å². The molecule has 0 bridgehead atoms. The number of benzene rings is 1. The van der Waals surface area contributed by atoms with Crippen LogP contribution in [0.4, 0.5) is 11.4 Å². The topological polar surface area (TPSA) is 53.6 Å².